The van der Waals surface area contributed by atoms with Gasteiger partial charge in [-0.05, 0) is 170 Å². The molecule has 0 spiro atoms. The molecule has 4 aromatic heterocycles. The SMILES string of the molecule is c1ccc(N(c2ccccc2)c2ccc3c(c2)c2cc(N(c4ccccc4)c4ccccc4)cc4c5cc6c(cc5n3c24)c2cc(N(c3ccccc3)c3ccccc3)cc3c4cc(N(c5ccccc5)c5ccccc5)ccc4n6c32)cc1. The number of hydrogen-bond donors (Lipinski definition) is 0. The van der Waals surface area contributed by atoms with Crippen LogP contribution >= 0.6 is 0 Å². The molecule has 0 saturated carbocycles. The first-order valence-corrected chi connectivity index (χ1v) is 28.8. The molecule has 4 heterocycles. The zero-order valence-electron chi connectivity index (χ0n) is 45.7. The highest BCUT2D eigenvalue weighted by molar-refractivity contribution is 6.30. The molecule has 0 amide bonds. The number of hydrogen-bond acceptors (Lipinski definition) is 4. The monoisotopic (exact) mass is 1070 g/mol. The highest BCUT2D eigenvalue weighted by atomic mass is 15.2. The van der Waals surface area contributed by atoms with Crippen molar-refractivity contribution in [3.8, 4) is 0 Å². The van der Waals surface area contributed by atoms with E-state index in [4.69, 9.17) is 0 Å². The molecule has 0 unspecified atom stereocenters. The summed E-state index contributed by atoms with van der Waals surface area (Å²) in [6, 6.07) is 115. The van der Waals surface area contributed by atoms with Crippen molar-refractivity contribution in [3.63, 3.8) is 0 Å². The minimum absolute atomic E-state index is 1.09. The molecule has 0 fully saturated rings. The maximum absolute atomic E-state index is 2.55. The molecule has 0 aliphatic carbocycles. The number of nitrogens with zero attached hydrogens (tertiary/aromatic N) is 6. The first kappa shape index (κ1) is 47.5. The number of anilines is 12. The van der Waals surface area contributed by atoms with Gasteiger partial charge in [0.15, 0.2) is 0 Å². The van der Waals surface area contributed by atoms with Gasteiger partial charge in [-0.15, -0.1) is 0 Å². The molecule has 394 valence electrons. The van der Waals surface area contributed by atoms with Crippen LogP contribution in [0.4, 0.5) is 68.2 Å². The summed E-state index contributed by atoms with van der Waals surface area (Å²) in [4.78, 5) is 9.56. The predicted octanol–water partition coefficient (Wildman–Crippen LogP) is 21.9. The molecule has 13 aromatic carbocycles. The first-order chi connectivity index (χ1) is 41.7. The highest BCUT2D eigenvalue weighted by Crippen LogP contribution is 2.51. The second-order valence-corrected chi connectivity index (χ2v) is 21.8. The third kappa shape index (κ3) is 7.44. The van der Waals surface area contributed by atoms with Crippen molar-refractivity contribution in [1.29, 1.82) is 0 Å². The average Bonchev–Trinajstić information content (AvgIpc) is 2.14. The summed E-state index contributed by atoms with van der Waals surface area (Å²) in [7, 11) is 0. The Bertz CT molecular complexity index is 4740. The average molecular weight is 1070 g/mol. The Balaban J connectivity index is 0.985. The van der Waals surface area contributed by atoms with E-state index in [1.54, 1.807) is 0 Å². The van der Waals surface area contributed by atoms with Gasteiger partial charge >= 0.3 is 0 Å². The van der Waals surface area contributed by atoms with Crippen LogP contribution in [0.15, 0.2) is 315 Å². The Kier molecular flexibility index (Phi) is 10.8. The Morgan fingerprint density at radius 2 is 0.357 bits per heavy atom. The van der Waals surface area contributed by atoms with Crippen LogP contribution in [0.3, 0.4) is 0 Å². The molecule has 84 heavy (non-hydrogen) atoms. The van der Waals surface area contributed by atoms with Crippen LogP contribution in [0.2, 0.25) is 0 Å². The molecule has 17 rings (SSSR count). The summed E-state index contributed by atoms with van der Waals surface area (Å²) in [5.41, 5.74) is 20.2. The van der Waals surface area contributed by atoms with Crippen LogP contribution < -0.4 is 19.6 Å². The van der Waals surface area contributed by atoms with Crippen LogP contribution in [0.25, 0.3) is 76.2 Å². The second-order valence-electron chi connectivity index (χ2n) is 21.8. The highest BCUT2D eigenvalue weighted by Gasteiger charge is 2.28. The van der Waals surface area contributed by atoms with Crippen LogP contribution in [0.1, 0.15) is 0 Å². The third-order valence-electron chi connectivity index (χ3n) is 17.0. The summed E-state index contributed by atoms with van der Waals surface area (Å²) >= 11 is 0. The lowest BCUT2D eigenvalue weighted by molar-refractivity contribution is 1.28. The maximum atomic E-state index is 2.55. The fourth-order valence-corrected chi connectivity index (χ4v) is 13.5. The second kappa shape index (κ2) is 19.2. The van der Waals surface area contributed by atoms with E-state index in [1.165, 1.54) is 65.2 Å². The van der Waals surface area contributed by atoms with Crippen molar-refractivity contribution in [1.82, 2.24) is 8.80 Å². The minimum Gasteiger partial charge on any atom is -0.310 e. The van der Waals surface area contributed by atoms with Gasteiger partial charge in [0, 0.05) is 111 Å². The topological polar surface area (TPSA) is 21.8 Å². The number of para-hydroxylation sites is 8. The fourth-order valence-electron chi connectivity index (χ4n) is 13.5. The van der Waals surface area contributed by atoms with Gasteiger partial charge in [0.1, 0.15) is 0 Å². The molecular weight excluding hydrogens is 1020 g/mol. The summed E-state index contributed by atoms with van der Waals surface area (Å²) < 4.78 is 5.10. The van der Waals surface area contributed by atoms with Gasteiger partial charge in [-0.1, -0.05) is 146 Å². The molecule has 0 saturated heterocycles. The zero-order valence-corrected chi connectivity index (χ0v) is 45.7. The lowest BCUT2D eigenvalue weighted by Gasteiger charge is -2.26. The molecule has 17 aromatic rings. The molecule has 6 nitrogen and oxygen atoms in total. The van der Waals surface area contributed by atoms with Crippen molar-refractivity contribution >= 4 is 144 Å². The molecule has 0 aliphatic rings. The largest absolute Gasteiger partial charge is 0.310 e. The molecular formula is C78H52N6. The van der Waals surface area contributed by atoms with E-state index in [1.807, 2.05) is 0 Å². The Hall–Kier alpha value is -11.3. The molecule has 0 N–H and O–H groups in total. The Labute approximate surface area is 485 Å². The van der Waals surface area contributed by atoms with E-state index in [2.05, 4.69) is 344 Å². The van der Waals surface area contributed by atoms with Crippen molar-refractivity contribution in [2.75, 3.05) is 19.6 Å². The number of aromatic nitrogens is 2. The van der Waals surface area contributed by atoms with Gasteiger partial charge in [0.05, 0.1) is 33.1 Å². The smallest absolute Gasteiger partial charge is 0.0622 e. The van der Waals surface area contributed by atoms with E-state index in [-0.39, 0.29) is 0 Å². The van der Waals surface area contributed by atoms with E-state index < -0.39 is 0 Å². The summed E-state index contributed by atoms with van der Waals surface area (Å²) in [6.45, 7) is 0. The van der Waals surface area contributed by atoms with Gasteiger partial charge in [-0.3, -0.25) is 0 Å². The summed E-state index contributed by atoms with van der Waals surface area (Å²) in [5, 5.41) is 9.57. The fraction of sp³-hybridized carbons (Fsp3) is 0. The van der Waals surface area contributed by atoms with E-state index in [0.717, 1.165) is 79.3 Å². The first-order valence-electron chi connectivity index (χ1n) is 28.8. The van der Waals surface area contributed by atoms with Gasteiger partial charge in [-0.25, -0.2) is 0 Å². The van der Waals surface area contributed by atoms with Crippen molar-refractivity contribution in [3.05, 3.63) is 315 Å². The summed E-state index contributed by atoms with van der Waals surface area (Å²) in [5.74, 6) is 0. The van der Waals surface area contributed by atoms with Crippen LogP contribution in [-0.4, -0.2) is 8.80 Å². The standard InChI is InChI=1S/C78H52N6/c1-9-25-53(26-10-1)79(54-27-11-2-12-28-54)61-41-43-73-65(45-61)69-47-63(81(57-33-17-5-18-34-57)58-35-19-6-20-36-58)49-71-67-52-76-68(51-75(67)83(73)77(69)71)72-50-64(82(59-37-21-7-22-38-59)60-39-23-8-24-40-60)48-70-66-46-62(42-44-74(66)84(76)78(70)72)80(55-29-13-3-14-30-55)56-31-15-4-16-32-56/h1-52H. The molecule has 0 aliphatic heterocycles. The Morgan fingerprint density at radius 3 is 0.595 bits per heavy atom. The van der Waals surface area contributed by atoms with Crippen LogP contribution in [0, 0.1) is 0 Å². The molecule has 0 radical (unpaired) electrons. The molecule has 0 atom stereocenters. The van der Waals surface area contributed by atoms with Crippen molar-refractivity contribution < 1.29 is 0 Å². The summed E-state index contributed by atoms with van der Waals surface area (Å²) in [6.07, 6.45) is 0. The van der Waals surface area contributed by atoms with Crippen molar-refractivity contribution in [2.24, 2.45) is 0 Å². The van der Waals surface area contributed by atoms with E-state index >= 15 is 0 Å². The van der Waals surface area contributed by atoms with E-state index in [9.17, 15) is 0 Å². The molecule has 6 heteroatoms. The van der Waals surface area contributed by atoms with Gasteiger partial charge < -0.3 is 28.4 Å². The quantitative estimate of drug-likeness (QED) is 0.122. The zero-order chi connectivity index (χ0) is 55.2. The number of fused-ring (bicyclic) bond motifs is 12. The van der Waals surface area contributed by atoms with Crippen LogP contribution in [-0.2, 0) is 0 Å². The van der Waals surface area contributed by atoms with Gasteiger partial charge in [0.2, 0.25) is 0 Å². The Morgan fingerprint density at radius 1 is 0.155 bits per heavy atom. The van der Waals surface area contributed by atoms with Crippen molar-refractivity contribution in [2.45, 2.75) is 0 Å². The maximum Gasteiger partial charge on any atom is 0.0622 e. The van der Waals surface area contributed by atoms with Gasteiger partial charge in [-0.2, -0.15) is 0 Å². The normalized spacial score (nSPS) is 11.8. The number of benzene rings is 13. The third-order valence-corrected chi connectivity index (χ3v) is 17.0. The lowest BCUT2D eigenvalue weighted by Crippen LogP contribution is -2.09. The lowest BCUT2D eigenvalue weighted by atomic mass is 10.0. The van der Waals surface area contributed by atoms with Crippen LogP contribution in [0.5, 0.6) is 0 Å². The van der Waals surface area contributed by atoms with Gasteiger partial charge in [0.25, 0.3) is 0 Å². The molecule has 0 bridgehead atoms. The predicted molar refractivity (Wildman–Crippen MR) is 354 cm³/mol. The minimum atomic E-state index is 1.09. The van der Waals surface area contributed by atoms with E-state index in [0.29, 0.717) is 0 Å². The number of rotatable bonds is 12.